The first-order valence-electron chi connectivity index (χ1n) is 9.15. The molecule has 4 aromatic rings. The van der Waals surface area contributed by atoms with Gasteiger partial charge in [0.15, 0.2) is 5.78 Å². The molecule has 0 amide bonds. The molecule has 1 aromatic heterocycles. The number of H-pyrrole nitrogens is 1. The third-order valence-electron chi connectivity index (χ3n) is 4.83. The molecule has 2 nitrogen and oxygen atoms in total. The van der Waals surface area contributed by atoms with Gasteiger partial charge in [0.1, 0.15) is 0 Å². The fraction of sp³-hybridized carbons (Fsp3) is 0.0800. The van der Waals surface area contributed by atoms with Gasteiger partial charge >= 0.3 is 0 Å². The van der Waals surface area contributed by atoms with Gasteiger partial charge in [0.05, 0.1) is 5.69 Å². The predicted molar refractivity (Wildman–Crippen MR) is 113 cm³/mol. The summed E-state index contributed by atoms with van der Waals surface area (Å²) < 4.78 is 0. The molecule has 0 aliphatic carbocycles. The Morgan fingerprint density at radius 3 is 2.33 bits per heavy atom. The molecule has 0 atom stereocenters. The van der Waals surface area contributed by atoms with Crippen molar-refractivity contribution in [1.29, 1.82) is 0 Å². The van der Waals surface area contributed by atoms with Crippen LogP contribution in [0.5, 0.6) is 0 Å². The van der Waals surface area contributed by atoms with Crippen LogP contribution in [0.25, 0.3) is 28.2 Å². The molecule has 0 saturated carbocycles. The quantitative estimate of drug-likeness (QED) is 0.421. The summed E-state index contributed by atoms with van der Waals surface area (Å²) in [7, 11) is 0. The molecule has 2 heteroatoms. The molecular weight excluding hydrogens is 330 g/mol. The number of carbonyl (C=O) groups is 1. The lowest BCUT2D eigenvalue weighted by molar-refractivity contribution is 0.101. The highest BCUT2D eigenvalue weighted by atomic mass is 16.1. The van der Waals surface area contributed by atoms with Crippen molar-refractivity contribution in [3.63, 3.8) is 0 Å². The lowest BCUT2D eigenvalue weighted by Crippen LogP contribution is -1.92. The number of aromatic nitrogens is 1. The second-order valence-electron chi connectivity index (χ2n) is 6.67. The average molecular weight is 351 g/mol. The van der Waals surface area contributed by atoms with Crippen LogP contribution >= 0.6 is 0 Å². The van der Waals surface area contributed by atoms with Crippen molar-refractivity contribution in [3.8, 4) is 11.3 Å². The van der Waals surface area contributed by atoms with Crippen LogP contribution in [-0.4, -0.2) is 10.8 Å². The van der Waals surface area contributed by atoms with E-state index in [0.29, 0.717) is 0 Å². The van der Waals surface area contributed by atoms with Crippen LogP contribution in [0, 0.1) is 0 Å². The molecule has 3 aromatic carbocycles. The SMILES string of the molecule is CC(=O)c1ccc(-c2[nH]c3ccccc3c2C/C=C/c2ccccc2)cc1. The van der Waals surface area contributed by atoms with Crippen molar-refractivity contribution in [1.82, 2.24) is 4.98 Å². The monoisotopic (exact) mass is 351 g/mol. The Balaban J connectivity index is 1.73. The van der Waals surface area contributed by atoms with Gasteiger partial charge in [0.25, 0.3) is 0 Å². The summed E-state index contributed by atoms with van der Waals surface area (Å²) in [5.74, 6) is 0.0872. The Hall–Kier alpha value is -3.39. The van der Waals surface area contributed by atoms with Gasteiger partial charge in [-0.2, -0.15) is 0 Å². The van der Waals surface area contributed by atoms with Gasteiger partial charge < -0.3 is 4.98 Å². The molecule has 132 valence electrons. The zero-order valence-electron chi connectivity index (χ0n) is 15.3. The van der Waals surface area contributed by atoms with Crippen LogP contribution in [-0.2, 0) is 6.42 Å². The standard InChI is InChI=1S/C25H21NO/c1-18(27)20-14-16-21(17-15-20)25-23(22-11-5-6-13-24(22)26-25)12-7-10-19-8-3-2-4-9-19/h2-11,13-17,26H,12H2,1H3/b10-7+. The van der Waals surface area contributed by atoms with E-state index in [1.54, 1.807) is 6.92 Å². The van der Waals surface area contributed by atoms with Crippen LogP contribution in [0.1, 0.15) is 28.4 Å². The summed E-state index contributed by atoms with van der Waals surface area (Å²) in [5.41, 5.74) is 6.55. The lowest BCUT2D eigenvalue weighted by atomic mass is 10.0. The minimum atomic E-state index is 0.0872. The number of hydrogen-bond donors (Lipinski definition) is 1. The summed E-state index contributed by atoms with van der Waals surface area (Å²) in [6, 6.07) is 26.5. The lowest BCUT2D eigenvalue weighted by Gasteiger charge is -2.04. The van der Waals surface area contributed by atoms with Gasteiger partial charge in [-0.3, -0.25) is 4.79 Å². The number of rotatable bonds is 5. The van der Waals surface area contributed by atoms with Crippen LogP contribution < -0.4 is 0 Å². The van der Waals surface area contributed by atoms with E-state index in [4.69, 9.17) is 0 Å². The molecule has 0 saturated heterocycles. The number of aromatic amines is 1. The second-order valence-corrected chi connectivity index (χ2v) is 6.67. The van der Waals surface area contributed by atoms with E-state index in [1.807, 2.05) is 48.5 Å². The third kappa shape index (κ3) is 3.61. The average Bonchev–Trinajstić information content (AvgIpc) is 3.08. The molecule has 1 N–H and O–H groups in total. The largest absolute Gasteiger partial charge is 0.354 e. The number of nitrogens with one attached hydrogen (secondary N) is 1. The molecule has 4 rings (SSSR count). The van der Waals surface area contributed by atoms with Crippen molar-refractivity contribution < 1.29 is 4.79 Å². The summed E-state index contributed by atoms with van der Waals surface area (Å²) in [5, 5.41) is 1.24. The Bertz CT molecular complexity index is 1100. The number of hydrogen-bond acceptors (Lipinski definition) is 1. The van der Waals surface area contributed by atoms with Crippen molar-refractivity contribution in [3.05, 3.63) is 102 Å². The normalized spacial score (nSPS) is 11.3. The molecule has 0 bridgehead atoms. The van der Waals surface area contributed by atoms with Gasteiger partial charge in [-0.15, -0.1) is 0 Å². The zero-order chi connectivity index (χ0) is 18.6. The molecule has 0 radical (unpaired) electrons. The number of para-hydroxylation sites is 1. The predicted octanol–water partition coefficient (Wildman–Crippen LogP) is 6.29. The molecular formula is C25H21NO. The van der Waals surface area contributed by atoms with Crippen LogP contribution in [0.15, 0.2) is 84.9 Å². The highest BCUT2D eigenvalue weighted by Gasteiger charge is 2.12. The number of allylic oxidation sites excluding steroid dienone is 1. The minimum Gasteiger partial charge on any atom is -0.354 e. The van der Waals surface area contributed by atoms with E-state index in [2.05, 4.69) is 47.5 Å². The molecule has 0 aliphatic heterocycles. The highest BCUT2D eigenvalue weighted by Crippen LogP contribution is 2.31. The Kier molecular flexibility index (Phi) is 4.71. The van der Waals surface area contributed by atoms with Crippen LogP contribution in [0.4, 0.5) is 0 Å². The van der Waals surface area contributed by atoms with Gasteiger partial charge in [0, 0.05) is 16.5 Å². The first-order valence-corrected chi connectivity index (χ1v) is 9.15. The second kappa shape index (κ2) is 7.46. The fourth-order valence-corrected chi connectivity index (χ4v) is 3.41. The van der Waals surface area contributed by atoms with E-state index in [-0.39, 0.29) is 5.78 Å². The maximum Gasteiger partial charge on any atom is 0.159 e. The number of Topliss-reactive ketones (excluding diaryl/α,β-unsaturated/α-hetero) is 1. The fourth-order valence-electron chi connectivity index (χ4n) is 3.41. The van der Waals surface area contributed by atoms with E-state index < -0.39 is 0 Å². The summed E-state index contributed by atoms with van der Waals surface area (Å²) in [6.45, 7) is 1.59. The van der Waals surface area contributed by atoms with Crippen molar-refractivity contribution in [2.75, 3.05) is 0 Å². The van der Waals surface area contributed by atoms with E-state index >= 15 is 0 Å². The highest BCUT2D eigenvalue weighted by molar-refractivity contribution is 5.95. The van der Waals surface area contributed by atoms with Crippen LogP contribution in [0.3, 0.4) is 0 Å². The minimum absolute atomic E-state index is 0.0872. The van der Waals surface area contributed by atoms with Gasteiger partial charge in [0.2, 0.25) is 0 Å². The summed E-state index contributed by atoms with van der Waals surface area (Å²) in [6.07, 6.45) is 5.20. The number of carbonyl (C=O) groups excluding carboxylic acids is 1. The smallest absolute Gasteiger partial charge is 0.159 e. The molecule has 0 spiro atoms. The maximum atomic E-state index is 11.6. The summed E-state index contributed by atoms with van der Waals surface area (Å²) >= 11 is 0. The van der Waals surface area contributed by atoms with Crippen molar-refractivity contribution >= 4 is 22.8 Å². The maximum absolute atomic E-state index is 11.6. The Morgan fingerprint density at radius 2 is 1.59 bits per heavy atom. The first kappa shape index (κ1) is 17.0. The van der Waals surface area contributed by atoms with Crippen LogP contribution in [0.2, 0.25) is 0 Å². The topological polar surface area (TPSA) is 32.9 Å². The molecule has 27 heavy (non-hydrogen) atoms. The Morgan fingerprint density at radius 1 is 0.889 bits per heavy atom. The number of ketones is 1. The molecule has 1 heterocycles. The Labute approximate surface area is 159 Å². The number of benzene rings is 3. The molecule has 0 unspecified atom stereocenters. The van der Waals surface area contributed by atoms with E-state index in [0.717, 1.165) is 28.8 Å². The zero-order valence-corrected chi connectivity index (χ0v) is 15.3. The first-order chi connectivity index (χ1) is 13.2. The molecule has 0 aliphatic rings. The number of fused-ring (bicyclic) bond motifs is 1. The summed E-state index contributed by atoms with van der Waals surface area (Å²) in [4.78, 5) is 15.1. The van der Waals surface area contributed by atoms with Gasteiger partial charge in [-0.25, -0.2) is 0 Å². The molecule has 0 fully saturated rings. The van der Waals surface area contributed by atoms with Crippen molar-refractivity contribution in [2.24, 2.45) is 0 Å². The van der Waals surface area contributed by atoms with E-state index in [1.165, 1.54) is 16.5 Å². The third-order valence-corrected chi connectivity index (χ3v) is 4.83. The van der Waals surface area contributed by atoms with E-state index in [9.17, 15) is 4.79 Å². The van der Waals surface area contributed by atoms with Crippen molar-refractivity contribution in [2.45, 2.75) is 13.3 Å². The van der Waals surface area contributed by atoms with Gasteiger partial charge in [-0.05, 0) is 36.1 Å². The van der Waals surface area contributed by atoms with Gasteiger partial charge in [-0.1, -0.05) is 84.9 Å².